The summed E-state index contributed by atoms with van der Waals surface area (Å²) in [6.07, 6.45) is 2.27. The number of carbonyl (C=O) groups is 4. The maximum Gasteiger partial charge on any atom is 0.243 e. The van der Waals surface area contributed by atoms with Crippen molar-refractivity contribution in [2.45, 2.75) is 83.0 Å². The van der Waals surface area contributed by atoms with Crippen LogP contribution in [-0.4, -0.2) is 72.0 Å². The van der Waals surface area contributed by atoms with Crippen LogP contribution in [0.5, 0.6) is 5.75 Å². The lowest BCUT2D eigenvalue weighted by molar-refractivity contribution is -0.133. The van der Waals surface area contributed by atoms with Gasteiger partial charge in [-0.1, -0.05) is 30.3 Å². The minimum Gasteiger partial charge on any atom is -0.508 e. The van der Waals surface area contributed by atoms with Gasteiger partial charge in [0.2, 0.25) is 23.6 Å². The second-order valence-corrected chi connectivity index (χ2v) is 11.4. The molecule has 14 nitrogen and oxygen atoms in total. The van der Waals surface area contributed by atoms with E-state index in [2.05, 4.69) is 20.9 Å². The van der Waals surface area contributed by atoms with Crippen molar-refractivity contribution >= 4 is 29.6 Å². The number of nitrogens with two attached hydrogens (primary N) is 5. The van der Waals surface area contributed by atoms with Crippen LogP contribution in [0.3, 0.4) is 0 Å². The van der Waals surface area contributed by atoms with Gasteiger partial charge in [-0.3, -0.25) is 24.2 Å². The van der Waals surface area contributed by atoms with Crippen molar-refractivity contribution in [3.8, 4) is 5.75 Å². The van der Waals surface area contributed by atoms with Crippen LogP contribution in [0.15, 0.2) is 47.5 Å². The van der Waals surface area contributed by atoms with Crippen LogP contribution in [-0.2, 0) is 32.0 Å². The van der Waals surface area contributed by atoms with E-state index in [0.717, 1.165) is 11.1 Å². The molecule has 0 spiro atoms. The van der Waals surface area contributed by atoms with Gasteiger partial charge < -0.3 is 49.7 Å². The Bertz CT molecular complexity index is 1330. The third kappa shape index (κ3) is 12.7. The second-order valence-electron chi connectivity index (χ2n) is 11.4. The average Bonchev–Trinajstić information content (AvgIpc) is 2.99. The minimum absolute atomic E-state index is 0.0608. The van der Waals surface area contributed by atoms with Gasteiger partial charge in [0.1, 0.15) is 23.9 Å². The molecule has 0 radical (unpaired) electrons. The van der Waals surface area contributed by atoms with Gasteiger partial charge in [0.25, 0.3) is 0 Å². The predicted octanol–water partition coefficient (Wildman–Crippen LogP) is -0.756. The van der Waals surface area contributed by atoms with Crippen LogP contribution in [0.2, 0.25) is 0 Å². The summed E-state index contributed by atoms with van der Waals surface area (Å²) in [5, 5.41) is 18.2. The Morgan fingerprint density at radius 3 is 1.96 bits per heavy atom. The summed E-state index contributed by atoms with van der Waals surface area (Å²) in [4.78, 5) is 56.6. The van der Waals surface area contributed by atoms with E-state index in [1.54, 1.807) is 26.0 Å². The van der Waals surface area contributed by atoms with Gasteiger partial charge in [-0.05, 0) is 86.9 Å². The van der Waals surface area contributed by atoms with E-state index in [0.29, 0.717) is 36.9 Å². The first-order valence-corrected chi connectivity index (χ1v) is 15.4. The summed E-state index contributed by atoms with van der Waals surface area (Å²) in [6, 6.07) is 8.07. The number of aromatic hydroxyl groups is 1. The number of benzene rings is 2. The molecule has 2 aromatic rings. The molecule has 0 fully saturated rings. The van der Waals surface area contributed by atoms with Gasteiger partial charge in [0.15, 0.2) is 5.96 Å². The monoisotopic (exact) mass is 639 g/mol. The lowest BCUT2D eigenvalue weighted by Crippen LogP contribution is -2.58. The van der Waals surface area contributed by atoms with Crippen LogP contribution < -0.4 is 44.6 Å². The Labute approximate surface area is 269 Å². The van der Waals surface area contributed by atoms with E-state index < -0.39 is 47.8 Å². The van der Waals surface area contributed by atoms with Gasteiger partial charge in [-0.25, -0.2) is 0 Å². The Morgan fingerprint density at radius 1 is 0.783 bits per heavy atom. The molecule has 14 heteroatoms. The van der Waals surface area contributed by atoms with Crippen molar-refractivity contribution in [3.05, 3.63) is 64.7 Å². The molecular formula is C32H49N9O5. The zero-order valence-corrected chi connectivity index (χ0v) is 26.6. The standard InChI is InChI=1S/C32H49N9O5/c1-19-15-22(42)16-20(2)23(19)18-27(41-29(44)24(34)11-8-14-38-32(36)37)31(46)39-25(12-6-7-13-33)30(45)40-26(28(35)43)17-21-9-4-3-5-10-21/h3-5,9-10,15-16,24-27,42H,6-8,11-14,17-18,33-34H2,1-2H3,(H2,35,43)(H,39,46)(H,40,45)(H,41,44)(H4,36,37,38)/t24-,25-,26+,27+/m1/s1. The zero-order chi connectivity index (χ0) is 34.2. The van der Waals surface area contributed by atoms with Gasteiger partial charge in [0, 0.05) is 19.4 Å². The summed E-state index contributed by atoms with van der Waals surface area (Å²) in [7, 11) is 0. The number of rotatable bonds is 19. The number of hydrogen-bond donors (Lipinski definition) is 9. The van der Waals surface area contributed by atoms with E-state index in [-0.39, 0.29) is 43.9 Å². The van der Waals surface area contributed by atoms with Crippen LogP contribution in [0.25, 0.3) is 0 Å². The molecule has 4 atom stereocenters. The Kier molecular flexibility index (Phi) is 15.5. The first kappa shape index (κ1) is 37.5. The van der Waals surface area contributed by atoms with Crippen LogP contribution >= 0.6 is 0 Å². The zero-order valence-electron chi connectivity index (χ0n) is 26.6. The summed E-state index contributed by atoms with van der Waals surface area (Å²) < 4.78 is 0. The predicted molar refractivity (Wildman–Crippen MR) is 177 cm³/mol. The number of guanidine groups is 1. The molecule has 0 saturated heterocycles. The average molecular weight is 640 g/mol. The van der Waals surface area contributed by atoms with Crippen molar-refractivity contribution in [3.63, 3.8) is 0 Å². The number of carbonyl (C=O) groups excluding carboxylic acids is 4. The Morgan fingerprint density at radius 2 is 1.37 bits per heavy atom. The van der Waals surface area contributed by atoms with Gasteiger partial charge >= 0.3 is 0 Å². The maximum atomic E-state index is 13.8. The third-order valence-electron chi connectivity index (χ3n) is 7.55. The molecule has 0 aliphatic rings. The highest BCUT2D eigenvalue weighted by Crippen LogP contribution is 2.22. The highest BCUT2D eigenvalue weighted by atomic mass is 16.3. The van der Waals surface area contributed by atoms with Crippen molar-refractivity contribution < 1.29 is 24.3 Å². The summed E-state index contributed by atoms with van der Waals surface area (Å²) in [5.41, 5.74) is 31.1. The van der Waals surface area contributed by atoms with Gasteiger partial charge in [0.05, 0.1) is 6.04 Å². The molecule has 0 bridgehead atoms. The van der Waals surface area contributed by atoms with Gasteiger partial charge in [-0.2, -0.15) is 0 Å². The van der Waals surface area contributed by atoms with Crippen molar-refractivity contribution in [1.82, 2.24) is 16.0 Å². The third-order valence-corrected chi connectivity index (χ3v) is 7.55. The minimum atomic E-state index is -1.13. The normalized spacial score (nSPS) is 13.5. The number of aliphatic imine (C=N–C) groups is 1. The molecule has 2 aromatic carbocycles. The fourth-order valence-corrected chi connectivity index (χ4v) is 5.01. The fourth-order valence-electron chi connectivity index (χ4n) is 5.01. The van der Waals surface area contributed by atoms with E-state index >= 15 is 0 Å². The van der Waals surface area contributed by atoms with Crippen LogP contribution in [0.1, 0.15) is 54.4 Å². The number of unbranched alkanes of at least 4 members (excludes halogenated alkanes) is 1. The quantitative estimate of drug-likeness (QED) is 0.0530. The number of amides is 4. The van der Waals surface area contributed by atoms with Crippen molar-refractivity contribution in [1.29, 1.82) is 0 Å². The van der Waals surface area contributed by atoms with Gasteiger partial charge in [-0.15, -0.1) is 0 Å². The Hall–Kier alpha value is -4.69. The molecule has 0 aromatic heterocycles. The molecule has 14 N–H and O–H groups in total. The number of phenols is 1. The highest BCUT2D eigenvalue weighted by molar-refractivity contribution is 5.94. The lowest BCUT2D eigenvalue weighted by atomic mass is 9.95. The van der Waals surface area contributed by atoms with E-state index in [4.69, 9.17) is 28.7 Å². The molecule has 2 rings (SSSR count). The van der Waals surface area contributed by atoms with E-state index in [1.807, 2.05) is 30.3 Å². The molecule has 4 amide bonds. The number of primary amides is 1. The molecule has 0 unspecified atom stereocenters. The molecule has 46 heavy (non-hydrogen) atoms. The van der Waals surface area contributed by atoms with Crippen LogP contribution in [0.4, 0.5) is 0 Å². The maximum absolute atomic E-state index is 13.8. The SMILES string of the molecule is Cc1cc(O)cc(C)c1C[C@H](NC(=O)[C@H](N)CCCN=C(N)N)C(=O)N[C@H](CCCCN)C(=O)N[C@@H](Cc1ccccc1)C(N)=O. The smallest absolute Gasteiger partial charge is 0.243 e. The topological polar surface area (TPSA) is 267 Å². The molecular weight excluding hydrogens is 590 g/mol. The van der Waals surface area contributed by atoms with E-state index in [1.165, 1.54) is 0 Å². The number of hydrogen-bond acceptors (Lipinski definition) is 8. The van der Waals surface area contributed by atoms with E-state index in [9.17, 15) is 24.3 Å². The fraction of sp³-hybridized carbons (Fsp3) is 0.469. The highest BCUT2D eigenvalue weighted by Gasteiger charge is 2.30. The molecule has 0 aliphatic carbocycles. The second kappa shape index (κ2) is 19.0. The number of aryl methyl sites for hydroxylation is 2. The molecule has 0 saturated carbocycles. The summed E-state index contributed by atoms with van der Waals surface area (Å²) in [5.74, 6) is -2.51. The number of phenolic OH excluding ortho intramolecular Hbond substituents is 1. The largest absolute Gasteiger partial charge is 0.508 e. The molecule has 0 heterocycles. The van der Waals surface area contributed by atoms with Crippen molar-refractivity contribution in [2.75, 3.05) is 13.1 Å². The molecule has 252 valence electrons. The first-order chi connectivity index (χ1) is 21.8. The number of nitrogens with zero attached hydrogens (tertiary/aromatic N) is 1. The Balaban J connectivity index is 2.30. The molecule has 0 aliphatic heterocycles. The van der Waals surface area contributed by atoms with Crippen molar-refractivity contribution in [2.24, 2.45) is 33.7 Å². The lowest BCUT2D eigenvalue weighted by Gasteiger charge is -2.26. The van der Waals surface area contributed by atoms with Crippen LogP contribution in [0, 0.1) is 13.8 Å². The number of nitrogens with one attached hydrogen (secondary N) is 3. The summed E-state index contributed by atoms with van der Waals surface area (Å²) in [6.45, 7) is 4.25. The summed E-state index contributed by atoms with van der Waals surface area (Å²) >= 11 is 0. The first-order valence-electron chi connectivity index (χ1n) is 15.4.